The number of carbonyl (C=O) groups is 1. The van der Waals surface area contributed by atoms with Gasteiger partial charge in [0.05, 0.1) is 17.4 Å². The number of ether oxygens (including phenoxy) is 2. The number of amides is 1. The Morgan fingerprint density at radius 1 is 1.12 bits per heavy atom. The van der Waals surface area contributed by atoms with Crippen molar-refractivity contribution in [3.05, 3.63) is 54.4 Å². The van der Waals surface area contributed by atoms with E-state index >= 15 is 0 Å². The highest BCUT2D eigenvalue weighted by atomic mass is 19.4. The number of carbonyl (C=O) groups excluding carboxylic acids is 1. The molecule has 0 unspecified atom stereocenters. The lowest BCUT2D eigenvalue weighted by Crippen LogP contribution is -2.17. The lowest BCUT2D eigenvalue weighted by molar-refractivity contribution is -0.274. The first-order valence-electron chi connectivity index (χ1n) is 7.42. The van der Waals surface area contributed by atoms with E-state index < -0.39 is 18.0 Å². The monoisotopic (exact) mass is 361 g/mol. The summed E-state index contributed by atoms with van der Waals surface area (Å²) in [7, 11) is 0. The summed E-state index contributed by atoms with van der Waals surface area (Å²) in [5.74, 6) is -0.485. The molecule has 0 fully saturated rings. The molecule has 1 aromatic heterocycles. The van der Waals surface area contributed by atoms with Crippen LogP contribution < -0.4 is 14.8 Å². The van der Waals surface area contributed by atoms with E-state index in [9.17, 15) is 18.0 Å². The number of H-pyrrole nitrogens is 1. The van der Waals surface area contributed by atoms with Crippen LogP contribution in [0.15, 0.2) is 48.8 Å². The van der Waals surface area contributed by atoms with Crippen LogP contribution in [-0.4, -0.2) is 22.5 Å². The molecule has 0 radical (unpaired) electrons. The molecule has 1 aliphatic rings. The Morgan fingerprint density at radius 3 is 2.69 bits per heavy atom. The second-order valence-corrected chi connectivity index (χ2v) is 5.43. The minimum Gasteiger partial charge on any atom is -0.454 e. The summed E-state index contributed by atoms with van der Waals surface area (Å²) in [6.45, 7) is 0. The van der Waals surface area contributed by atoms with Gasteiger partial charge in [0, 0.05) is 23.4 Å². The zero-order valence-electron chi connectivity index (χ0n) is 12.9. The number of aromatic nitrogens is 2. The number of alkyl halides is 3. The predicted molar refractivity (Wildman–Crippen MR) is 85.2 cm³/mol. The molecule has 1 aliphatic heterocycles. The summed E-state index contributed by atoms with van der Waals surface area (Å²) < 4.78 is 46.8. The standard InChI is InChI=1S/C17H10F3N3O3/c18-17(19,20)26-10-4-5-13-12(6-10)23-16(24)15-11(9-7-21-22-8-9)2-1-3-14(15)25-13/h1-8H,(H,21,22)(H,23,24). The molecule has 0 saturated heterocycles. The summed E-state index contributed by atoms with van der Waals surface area (Å²) in [6.07, 6.45) is -1.66. The van der Waals surface area contributed by atoms with Gasteiger partial charge in [-0.3, -0.25) is 9.89 Å². The molecule has 0 bridgehead atoms. The molecule has 132 valence electrons. The number of nitrogens with one attached hydrogen (secondary N) is 2. The minimum absolute atomic E-state index is 0.0751. The van der Waals surface area contributed by atoms with E-state index in [0.29, 0.717) is 11.1 Å². The topological polar surface area (TPSA) is 76.2 Å². The van der Waals surface area contributed by atoms with Gasteiger partial charge in [0.25, 0.3) is 5.91 Å². The van der Waals surface area contributed by atoms with Crippen molar-refractivity contribution in [2.75, 3.05) is 5.32 Å². The Labute approximate surface area is 144 Å². The molecule has 4 rings (SSSR count). The van der Waals surface area contributed by atoms with Crippen molar-refractivity contribution in [1.29, 1.82) is 0 Å². The quantitative estimate of drug-likeness (QED) is 0.712. The van der Waals surface area contributed by atoms with Crippen molar-refractivity contribution in [3.63, 3.8) is 0 Å². The summed E-state index contributed by atoms with van der Waals surface area (Å²) in [5, 5.41) is 9.09. The van der Waals surface area contributed by atoms with Crippen LogP contribution in [0, 0.1) is 0 Å². The zero-order valence-corrected chi connectivity index (χ0v) is 12.9. The molecule has 0 saturated carbocycles. The van der Waals surface area contributed by atoms with Gasteiger partial charge >= 0.3 is 6.36 Å². The Bertz CT molecular complexity index is 985. The van der Waals surface area contributed by atoms with Gasteiger partial charge in [-0.05, 0) is 18.2 Å². The maximum atomic E-state index is 12.7. The van der Waals surface area contributed by atoms with E-state index in [1.807, 2.05) is 0 Å². The number of benzene rings is 2. The van der Waals surface area contributed by atoms with Gasteiger partial charge in [-0.1, -0.05) is 12.1 Å². The van der Waals surface area contributed by atoms with Crippen molar-refractivity contribution in [3.8, 4) is 28.4 Å². The van der Waals surface area contributed by atoms with Crippen LogP contribution in [0.4, 0.5) is 18.9 Å². The van der Waals surface area contributed by atoms with Gasteiger partial charge in [0.2, 0.25) is 0 Å². The Balaban J connectivity index is 1.76. The maximum Gasteiger partial charge on any atom is 0.573 e. The molecule has 2 aromatic carbocycles. The first kappa shape index (κ1) is 16.0. The highest BCUT2D eigenvalue weighted by molar-refractivity contribution is 6.12. The second-order valence-electron chi connectivity index (χ2n) is 5.43. The molecule has 0 spiro atoms. The molecule has 9 heteroatoms. The Hall–Kier alpha value is -3.49. The van der Waals surface area contributed by atoms with E-state index in [4.69, 9.17) is 4.74 Å². The summed E-state index contributed by atoms with van der Waals surface area (Å²) in [5.41, 5.74) is 1.58. The fourth-order valence-electron chi connectivity index (χ4n) is 2.69. The van der Waals surface area contributed by atoms with Gasteiger partial charge in [-0.15, -0.1) is 13.2 Å². The van der Waals surface area contributed by atoms with Crippen molar-refractivity contribution < 1.29 is 27.4 Å². The largest absolute Gasteiger partial charge is 0.573 e. The smallest absolute Gasteiger partial charge is 0.454 e. The average Bonchev–Trinajstić information content (AvgIpc) is 3.05. The lowest BCUT2D eigenvalue weighted by Gasteiger charge is -2.12. The first-order valence-corrected chi connectivity index (χ1v) is 7.42. The Morgan fingerprint density at radius 2 is 1.96 bits per heavy atom. The molecule has 0 atom stereocenters. The maximum absolute atomic E-state index is 12.7. The third-order valence-corrected chi connectivity index (χ3v) is 3.72. The van der Waals surface area contributed by atoms with E-state index in [1.54, 1.807) is 30.6 Å². The highest BCUT2D eigenvalue weighted by Crippen LogP contribution is 2.41. The summed E-state index contributed by atoms with van der Waals surface area (Å²) in [4.78, 5) is 12.7. The van der Waals surface area contributed by atoms with Crippen LogP contribution >= 0.6 is 0 Å². The molecular formula is C17H10F3N3O3. The lowest BCUT2D eigenvalue weighted by atomic mass is 10.0. The van der Waals surface area contributed by atoms with Crippen LogP contribution in [0.1, 0.15) is 10.4 Å². The fourth-order valence-corrected chi connectivity index (χ4v) is 2.69. The number of fused-ring (bicyclic) bond motifs is 2. The number of hydrogen-bond donors (Lipinski definition) is 2. The molecule has 6 nitrogen and oxygen atoms in total. The molecule has 2 N–H and O–H groups in total. The number of aromatic amines is 1. The zero-order chi connectivity index (χ0) is 18.3. The van der Waals surface area contributed by atoms with Gasteiger partial charge in [-0.25, -0.2) is 0 Å². The molecular weight excluding hydrogens is 351 g/mol. The highest BCUT2D eigenvalue weighted by Gasteiger charge is 2.32. The van der Waals surface area contributed by atoms with Gasteiger partial charge in [-0.2, -0.15) is 5.10 Å². The minimum atomic E-state index is -4.83. The van der Waals surface area contributed by atoms with Crippen molar-refractivity contribution in [1.82, 2.24) is 10.2 Å². The third kappa shape index (κ3) is 2.94. The van der Waals surface area contributed by atoms with E-state index in [1.165, 1.54) is 6.07 Å². The first-order chi connectivity index (χ1) is 12.4. The number of rotatable bonds is 2. The van der Waals surface area contributed by atoms with Crippen molar-refractivity contribution in [2.45, 2.75) is 6.36 Å². The molecule has 1 amide bonds. The van der Waals surface area contributed by atoms with E-state index in [2.05, 4.69) is 20.3 Å². The third-order valence-electron chi connectivity index (χ3n) is 3.72. The number of hydrogen-bond acceptors (Lipinski definition) is 4. The molecule has 3 aromatic rings. The SMILES string of the molecule is O=C1Nc2cc(OC(F)(F)F)ccc2Oc2cccc(-c3cn[nH]c3)c21. The number of halogens is 3. The molecule has 2 heterocycles. The normalized spacial score (nSPS) is 13.1. The number of nitrogens with zero attached hydrogens (tertiary/aromatic N) is 1. The van der Waals surface area contributed by atoms with Crippen LogP contribution in [-0.2, 0) is 0 Å². The average molecular weight is 361 g/mol. The summed E-state index contributed by atoms with van der Waals surface area (Å²) >= 11 is 0. The van der Waals surface area contributed by atoms with Crippen LogP contribution in [0.25, 0.3) is 11.1 Å². The summed E-state index contributed by atoms with van der Waals surface area (Å²) in [6, 6.07) is 8.51. The van der Waals surface area contributed by atoms with E-state index in [-0.39, 0.29) is 22.7 Å². The predicted octanol–water partition coefficient (Wildman–Crippen LogP) is 4.33. The Kier molecular flexibility index (Phi) is 3.57. The second kappa shape index (κ2) is 5.80. The van der Waals surface area contributed by atoms with Gasteiger partial charge in [0.1, 0.15) is 11.5 Å². The van der Waals surface area contributed by atoms with Crippen LogP contribution in [0.3, 0.4) is 0 Å². The molecule has 26 heavy (non-hydrogen) atoms. The number of anilines is 1. The molecule has 0 aliphatic carbocycles. The van der Waals surface area contributed by atoms with E-state index in [0.717, 1.165) is 12.1 Å². The van der Waals surface area contributed by atoms with Crippen molar-refractivity contribution in [2.24, 2.45) is 0 Å². The van der Waals surface area contributed by atoms with Gasteiger partial charge in [0.15, 0.2) is 5.75 Å². The van der Waals surface area contributed by atoms with Crippen LogP contribution in [0.2, 0.25) is 0 Å². The van der Waals surface area contributed by atoms with Gasteiger partial charge < -0.3 is 14.8 Å². The fraction of sp³-hybridized carbons (Fsp3) is 0.0588. The van der Waals surface area contributed by atoms with Crippen molar-refractivity contribution >= 4 is 11.6 Å². The van der Waals surface area contributed by atoms with Crippen LogP contribution in [0.5, 0.6) is 17.2 Å².